The predicted molar refractivity (Wildman–Crippen MR) is 152 cm³/mol. The van der Waals surface area contributed by atoms with Gasteiger partial charge in [-0.1, -0.05) is 44.2 Å². The van der Waals surface area contributed by atoms with Crippen molar-refractivity contribution in [2.24, 2.45) is 11.7 Å². The van der Waals surface area contributed by atoms with Gasteiger partial charge in [-0.15, -0.1) is 0 Å². The van der Waals surface area contributed by atoms with E-state index in [1.165, 1.54) is 18.2 Å². The highest BCUT2D eigenvalue weighted by Gasteiger charge is 2.38. The summed E-state index contributed by atoms with van der Waals surface area (Å²) < 4.78 is 0. The third kappa shape index (κ3) is 10.1. The first kappa shape index (κ1) is 32.5. The van der Waals surface area contributed by atoms with Gasteiger partial charge in [0, 0.05) is 37.2 Å². The number of H-pyrrole nitrogens is 1. The van der Waals surface area contributed by atoms with Crippen molar-refractivity contribution in [3.05, 3.63) is 54.1 Å². The first-order chi connectivity index (χ1) is 18.7. The average Bonchev–Trinajstić information content (AvgIpc) is 3.34. The van der Waals surface area contributed by atoms with E-state index >= 15 is 0 Å². The van der Waals surface area contributed by atoms with Gasteiger partial charge in [0.05, 0.1) is 24.9 Å². The van der Waals surface area contributed by atoms with Crippen LogP contribution in [0.15, 0.2) is 42.9 Å². The van der Waals surface area contributed by atoms with Crippen molar-refractivity contribution in [1.29, 1.82) is 0 Å². The number of aliphatic hydroxyl groups is 1. The number of hydrogen-bond acceptors (Lipinski definition) is 6. The second-order valence-electron chi connectivity index (χ2n) is 11.6. The molecule has 0 aliphatic carbocycles. The molecule has 0 aliphatic rings. The van der Waals surface area contributed by atoms with Crippen LogP contribution in [0.4, 0.5) is 0 Å². The van der Waals surface area contributed by atoms with E-state index in [2.05, 4.69) is 20.6 Å². The number of aliphatic hydroxyl groups excluding tert-OH is 1. The largest absolute Gasteiger partial charge is 0.390 e. The summed E-state index contributed by atoms with van der Waals surface area (Å²) in [6.45, 7) is 10.8. The number of carbonyl (C=O) groups excluding carboxylic acids is 4. The van der Waals surface area contributed by atoms with E-state index < -0.39 is 47.5 Å². The Bertz CT molecular complexity index is 1110. The van der Waals surface area contributed by atoms with Crippen molar-refractivity contribution in [1.82, 2.24) is 25.5 Å². The van der Waals surface area contributed by atoms with Crippen LogP contribution in [0.5, 0.6) is 0 Å². The van der Waals surface area contributed by atoms with E-state index in [-0.39, 0.29) is 31.1 Å². The van der Waals surface area contributed by atoms with Crippen molar-refractivity contribution in [2.75, 3.05) is 0 Å². The lowest BCUT2D eigenvalue weighted by molar-refractivity contribution is -0.145. The fourth-order valence-electron chi connectivity index (χ4n) is 4.84. The zero-order valence-electron chi connectivity index (χ0n) is 24.3. The van der Waals surface area contributed by atoms with E-state index in [1.54, 1.807) is 6.20 Å². The van der Waals surface area contributed by atoms with E-state index in [1.807, 2.05) is 65.0 Å². The van der Waals surface area contributed by atoms with Gasteiger partial charge in [-0.2, -0.15) is 0 Å². The number of nitrogens with two attached hydrogens (primary N) is 1. The number of carbonyl (C=O) groups is 4. The SMILES string of the molecule is CC(=O)N([C@@H](Cc1ccccc1)C(=O)N[C@@H](Cc1cnc[nH]1)C(=O)N[C@@H](CC(C)C)[C@@H](O)CC(N)=O)C(C)(C)C. The van der Waals surface area contributed by atoms with Crippen LogP contribution in [-0.2, 0) is 32.0 Å². The number of imidazole rings is 1. The van der Waals surface area contributed by atoms with Crippen molar-refractivity contribution in [3.8, 4) is 0 Å². The van der Waals surface area contributed by atoms with E-state index in [0.29, 0.717) is 12.1 Å². The zero-order valence-corrected chi connectivity index (χ0v) is 24.3. The van der Waals surface area contributed by atoms with Crippen LogP contribution in [0.1, 0.15) is 65.6 Å². The number of hydrogen-bond donors (Lipinski definition) is 5. The van der Waals surface area contributed by atoms with Crippen molar-refractivity contribution < 1.29 is 24.3 Å². The molecule has 2 aromatic rings. The quantitative estimate of drug-likeness (QED) is 0.236. The highest BCUT2D eigenvalue weighted by atomic mass is 16.3. The van der Waals surface area contributed by atoms with Crippen molar-refractivity contribution in [2.45, 2.75) is 97.0 Å². The molecule has 0 saturated carbocycles. The first-order valence-corrected chi connectivity index (χ1v) is 13.6. The summed E-state index contributed by atoms with van der Waals surface area (Å²) >= 11 is 0. The molecule has 11 nitrogen and oxygen atoms in total. The minimum atomic E-state index is -1.19. The maximum absolute atomic E-state index is 13.9. The van der Waals surface area contributed by atoms with Crippen LogP contribution in [0, 0.1) is 5.92 Å². The maximum Gasteiger partial charge on any atom is 0.243 e. The summed E-state index contributed by atoms with van der Waals surface area (Å²) in [6, 6.07) is 6.64. The number of nitrogens with zero attached hydrogens (tertiary/aromatic N) is 2. The lowest BCUT2D eigenvalue weighted by Crippen LogP contribution is -2.61. The number of aromatic amines is 1. The molecule has 40 heavy (non-hydrogen) atoms. The van der Waals surface area contributed by atoms with Crippen molar-refractivity contribution in [3.63, 3.8) is 0 Å². The minimum absolute atomic E-state index is 0.0888. The van der Waals surface area contributed by atoms with Crippen LogP contribution >= 0.6 is 0 Å². The second-order valence-corrected chi connectivity index (χ2v) is 11.6. The summed E-state index contributed by atoms with van der Waals surface area (Å²) in [5.41, 5.74) is 6.07. The van der Waals surface area contributed by atoms with Gasteiger partial charge in [0.25, 0.3) is 0 Å². The second kappa shape index (κ2) is 14.6. The normalized spacial score (nSPS) is 14.6. The average molecular weight is 557 g/mol. The summed E-state index contributed by atoms with van der Waals surface area (Å²) in [5, 5.41) is 16.3. The molecule has 4 amide bonds. The number of benzene rings is 1. The molecular formula is C29H44N6O5. The number of amides is 4. The van der Waals surface area contributed by atoms with Crippen LogP contribution in [0.25, 0.3) is 0 Å². The topological polar surface area (TPSA) is 171 Å². The Balaban J connectivity index is 2.40. The molecule has 4 atom stereocenters. The molecule has 0 unspecified atom stereocenters. The Morgan fingerprint density at radius 2 is 1.70 bits per heavy atom. The minimum Gasteiger partial charge on any atom is -0.390 e. The highest BCUT2D eigenvalue weighted by Crippen LogP contribution is 2.21. The Kier molecular flexibility index (Phi) is 11.9. The van der Waals surface area contributed by atoms with Crippen LogP contribution in [0.3, 0.4) is 0 Å². The predicted octanol–water partition coefficient (Wildman–Crippen LogP) is 1.46. The molecule has 1 aromatic heterocycles. The molecule has 0 saturated heterocycles. The van der Waals surface area contributed by atoms with Crippen molar-refractivity contribution >= 4 is 23.6 Å². The number of aromatic nitrogens is 2. The summed E-state index contributed by atoms with van der Waals surface area (Å²) in [5.74, 6) is -1.90. The van der Waals surface area contributed by atoms with Gasteiger partial charge in [-0.25, -0.2) is 4.98 Å². The highest BCUT2D eigenvalue weighted by molar-refractivity contribution is 5.92. The lowest BCUT2D eigenvalue weighted by atomic mass is 9.95. The van der Waals surface area contributed by atoms with Gasteiger partial charge < -0.3 is 31.4 Å². The summed E-state index contributed by atoms with van der Waals surface area (Å²) in [6.07, 6.45) is 2.25. The Morgan fingerprint density at radius 1 is 1.05 bits per heavy atom. The Morgan fingerprint density at radius 3 is 2.20 bits per heavy atom. The molecule has 2 rings (SSSR count). The third-order valence-electron chi connectivity index (χ3n) is 6.49. The number of rotatable bonds is 14. The molecule has 1 aromatic carbocycles. The molecule has 1 heterocycles. The first-order valence-electron chi connectivity index (χ1n) is 13.6. The van der Waals surface area contributed by atoms with E-state index in [0.717, 1.165) is 5.56 Å². The molecule has 0 radical (unpaired) electrons. The summed E-state index contributed by atoms with van der Waals surface area (Å²) in [7, 11) is 0. The zero-order chi connectivity index (χ0) is 30.0. The van der Waals surface area contributed by atoms with Gasteiger partial charge in [0.1, 0.15) is 12.1 Å². The molecule has 220 valence electrons. The van der Waals surface area contributed by atoms with E-state index in [9.17, 15) is 24.3 Å². The van der Waals surface area contributed by atoms with Crippen LogP contribution in [0.2, 0.25) is 0 Å². The van der Waals surface area contributed by atoms with Gasteiger partial charge in [0.2, 0.25) is 23.6 Å². The maximum atomic E-state index is 13.9. The van der Waals surface area contributed by atoms with E-state index in [4.69, 9.17) is 5.73 Å². The van der Waals surface area contributed by atoms with Crippen LogP contribution in [-0.4, -0.2) is 73.4 Å². The smallest absolute Gasteiger partial charge is 0.243 e. The molecular weight excluding hydrogens is 512 g/mol. The molecule has 6 N–H and O–H groups in total. The van der Waals surface area contributed by atoms with Gasteiger partial charge in [-0.05, 0) is 38.7 Å². The third-order valence-corrected chi connectivity index (χ3v) is 6.49. The van der Waals surface area contributed by atoms with Crippen LogP contribution < -0.4 is 16.4 Å². The van der Waals surface area contributed by atoms with Gasteiger partial charge >= 0.3 is 0 Å². The molecule has 0 spiro atoms. The van der Waals surface area contributed by atoms with Gasteiger partial charge in [0.15, 0.2) is 0 Å². The molecule has 0 aliphatic heterocycles. The number of primary amides is 1. The fourth-order valence-corrected chi connectivity index (χ4v) is 4.84. The Hall–Kier alpha value is -3.73. The monoisotopic (exact) mass is 556 g/mol. The molecule has 0 fully saturated rings. The fraction of sp³-hybridized carbons (Fsp3) is 0.552. The Labute approximate surface area is 236 Å². The molecule has 0 bridgehead atoms. The summed E-state index contributed by atoms with van der Waals surface area (Å²) in [4.78, 5) is 60.2. The van der Waals surface area contributed by atoms with Gasteiger partial charge in [-0.3, -0.25) is 19.2 Å². The molecule has 11 heteroatoms. The lowest BCUT2D eigenvalue weighted by Gasteiger charge is -2.41. The number of nitrogens with one attached hydrogen (secondary N) is 3. The standard InChI is InChI=1S/C29H44N6O5/c1-18(2)12-22(25(37)15-26(30)38)33-27(39)23(14-21-16-31-17-32-21)34-28(40)24(13-20-10-8-7-9-11-20)35(19(3)36)29(4,5)6/h7-11,16-18,22-25,37H,12-15H2,1-6H3,(H2,30,38)(H,31,32)(H,33,39)(H,34,40)/t22-,23-,24-,25-/m0/s1.